The Labute approximate surface area is 140 Å². The molecule has 1 saturated carbocycles. The molecule has 3 N–H and O–H groups in total. The summed E-state index contributed by atoms with van der Waals surface area (Å²) >= 11 is 0. The van der Waals surface area contributed by atoms with Crippen LogP contribution in [0.5, 0.6) is 0 Å². The van der Waals surface area contributed by atoms with Crippen LogP contribution in [-0.2, 0) is 0 Å². The molecule has 6 nitrogen and oxygen atoms in total. The van der Waals surface area contributed by atoms with Crippen molar-refractivity contribution in [1.82, 2.24) is 10.2 Å². The summed E-state index contributed by atoms with van der Waals surface area (Å²) in [5.41, 5.74) is 1.46. The topological polar surface area (TPSA) is 86.9 Å². The highest BCUT2D eigenvalue weighted by Crippen LogP contribution is 2.26. The van der Waals surface area contributed by atoms with E-state index < -0.39 is 0 Å². The van der Waals surface area contributed by atoms with Crippen molar-refractivity contribution in [3.05, 3.63) is 52.4 Å². The van der Waals surface area contributed by atoms with Gasteiger partial charge in [0.25, 0.3) is 11.5 Å². The lowest BCUT2D eigenvalue weighted by molar-refractivity contribution is 0.102. The van der Waals surface area contributed by atoms with Crippen molar-refractivity contribution in [2.24, 2.45) is 5.92 Å². The predicted molar refractivity (Wildman–Crippen MR) is 94.3 cm³/mol. The molecule has 24 heavy (non-hydrogen) atoms. The van der Waals surface area contributed by atoms with E-state index in [1.165, 1.54) is 44.2 Å². The molecule has 6 heteroatoms. The molecule has 2 aromatic rings. The van der Waals surface area contributed by atoms with E-state index in [4.69, 9.17) is 0 Å². The fourth-order valence-corrected chi connectivity index (χ4v) is 3.05. The molecule has 1 amide bonds. The number of hydrogen-bond donors (Lipinski definition) is 3. The van der Waals surface area contributed by atoms with Gasteiger partial charge in [-0.05, 0) is 37.0 Å². The van der Waals surface area contributed by atoms with Gasteiger partial charge in [0.15, 0.2) is 0 Å². The molecule has 0 radical (unpaired) electrons. The van der Waals surface area contributed by atoms with Gasteiger partial charge < -0.3 is 10.6 Å². The summed E-state index contributed by atoms with van der Waals surface area (Å²) in [5, 5.41) is 12.3. The van der Waals surface area contributed by atoms with Crippen LogP contribution in [0.15, 0.2) is 41.2 Å². The van der Waals surface area contributed by atoms with Crippen LogP contribution in [-0.4, -0.2) is 22.6 Å². The molecule has 1 aromatic heterocycles. The van der Waals surface area contributed by atoms with Crippen molar-refractivity contribution < 1.29 is 4.79 Å². The summed E-state index contributed by atoms with van der Waals surface area (Å²) in [7, 11) is 0. The van der Waals surface area contributed by atoms with Gasteiger partial charge in [-0.2, -0.15) is 5.10 Å². The number of benzene rings is 1. The van der Waals surface area contributed by atoms with E-state index in [0.717, 1.165) is 12.2 Å². The Hall–Kier alpha value is -2.63. The van der Waals surface area contributed by atoms with Gasteiger partial charge >= 0.3 is 0 Å². The Morgan fingerprint density at radius 3 is 2.54 bits per heavy atom. The number of rotatable bonds is 5. The summed E-state index contributed by atoms with van der Waals surface area (Å²) in [6.45, 7) is 0.920. The standard InChI is InChI=1S/C18H22N4O2/c23-17-11-10-16(21-22-17)18(24)20-15-9-5-4-8-14(15)19-12-13-6-2-1-3-7-13/h4-5,8-11,13,19H,1-3,6-7,12H2,(H,20,24)(H,22,23). The average Bonchev–Trinajstić information content (AvgIpc) is 2.62. The summed E-state index contributed by atoms with van der Waals surface area (Å²) in [4.78, 5) is 23.3. The number of H-pyrrole nitrogens is 1. The van der Waals surface area contributed by atoms with Crippen LogP contribution in [0.1, 0.15) is 42.6 Å². The number of para-hydroxylation sites is 2. The van der Waals surface area contributed by atoms with Gasteiger partial charge in [0, 0.05) is 12.6 Å². The van der Waals surface area contributed by atoms with Crippen LogP contribution in [0.4, 0.5) is 11.4 Å². The van der Waals surface area contributed by atoms with Crippen LogP contribution in [0.25, 0.3) is 0 Å². The van der Waals surface area contributed by atoms with Crippen molar-refractivity contribution >= 4 is 17.3 Å². The first-order valence-corrected chi connectivity index (χ1v) is 8.42. The van der Waals surface area contributed by atoms with Gasteiger partial charge in [-0.25, -0.2) is 5.10 Å². The zero-order valence-electron chi connectivity index (χ0n) is 13.5. The number of carbonyl (C=O) groups excluding carboxylic acids is 1. The molecule has 0 spiro atoms. The molecule has 1 fully saturated rings. The molecule has 1 heterocycles. The van der Waals surface area contributed by atoms with Gasteiger partial charge in [0.05, 0.1) is 11.4 Å². The fourth-order valence-electron chi connectivity index (χ4n) is 3.05. The van der Waals surface area contributed by atoms with E-state index >= 15 is 0 Å². The lowest BCUT2D eigenvalue weighted by Crippen LogP contribution is -2.20. The largest absolute Gasteiger partial charge is 0.383 e. The van der Waals surface area contributed by atoms with E-state index in [9.17, 15) is 9.59 Å². The molecule has 0 unspecified atom stereocenters. The summed E-state index contributed by atoms with van der Waals surface area (Å²) in [6, 6.07) is 10.3. The lowest BCUT2D eigenvalue weighted by Gasteiger charge is -2.23. The Morgan fingerprint density at radius 1 is 1.08 bits per heavy atom. The number of carbonyl (C=O) groups is 1. The molecule has 1 aliphatic carbocycles. The Bertz CT molecular complexity index is 730. The smallest absolute Gasteiger partial charge is 0.276 e. The van der Waals surface area contributed by atoms with Crippen LogP contribution in [0.2, 0.25) is 0 Å². The monoisotopic (exact) mass is 326 g/mol. The molecule has 3 rings (SSSR count). The first kappa shape index (κ1) is 16.2. The molecule has 1 aliphatic rings. The third-order valence-corrected chi connectivity index (χ3v) is 4.39. The molecule has 0 aliphatic heterocycles. The number of nitrogens with one attached hydrogen (secondary N) is 3. The van der Waals surface area contributed by atoms with E-state index in [1.807, 2.05) is 24.3 Å². The van der Waals surface area contributed by atoms with Crippen LogP contribution >= 0.6 is 0 Å². The van der Waals surface area contributed by atoms with Gasteiger partial charge in [0.2, 0.25) is 0 Å². The second kappa shape index (κ2) is 7.77. The zero-order chi connectivity index (χ0) is 16.8. The highest BCUT2D eigenvalue weighted by atomic mass is 16.2. The highest BCUT2D eigenvalue weighted by molar-refractivity contribution is 6.04. The fraction of sp³-hybridized carbons (Fsp3) is 0.389. The molecule has 0 bridgehead atoms. The van der Waals surface area contributed by atoms with Crippen LogP contribution in [0.3, 0.4) is 0 Å². The number of anilines is 2. The maximum Gasteiger partial charge on any atom is 0.276 e. The van der Waals surface area contributed by atoms with E-state index in [0.29, 0.717) is 11.6 Å². The molecule has 126 valence electrons. The maximum atomic E-state index is 12.3. The van der Waals surface area contributed by atoms with Crippen molar-refractivity contribution in [2.45, 2.75) is 32.1 Å². The number of amides is 1. The Balaban J connectivity index is 1.65. The van der Waals surface area contributed by atoms with Crippen molar-refractivity contribution in [3.63, 3.8) is 0 Å². The molecular weight excluding hydrogens is 304 g/mol. The number of aromatic nitrogens is 2. The SMILES string of the molecule is O=C(Nc1ccccc1NCC1CCCCC1)c1ccc(=O)[nH]n1. The average molecular weight is 326 g/mol. The van der Waals surface area contributed by atoms with Crippen molar-refractivity contribution in [2.75, 3.05) is 17.2 Å². The van der Waals surface area contributed by atoms with Gasteiger partial charge in [-0.15, -0.1) is 0 Å². The van der Waals surface area contributed by atoms with Crippen molar-refractivity contribution in [3.8, 4) is 0 Å². The Kier molecular flexibility index (Phi) is 5.25. The minimum atomic E-state index is -0.349. The van der Waals surface area contributed by atoms with Gasteiger partial charge in [-0.1, -0.05) is 31.4 Å². The van der Waals surface area contributed by atoms with E-state index in [-0.39, 0.29) is 17.2 Å². The second-order valence-corrected chi connectivity index (χ2v) is 6.19. The number of aromatic amines is 1. The molecule has 0 saturated heterocycles. The highest BCUT2D eigenvalue weighted by Gasteiger charge is 2.14. The van der Waals surface area contributed by atoms with Crippen molar-refractivity contribution in [1.29, 1.82) is 0 Å². The predicted octanol–water partition coefficient (Wildman–Crippen LogP) is 3.01. The van der Waals surface area contributed by atoms with E-state index in [2.05, 4.69) is 20.8 Å². The third-order valence-electron chi connectivity index (χ3n) is 4.39. The number of nitrogens with zero attached hydrogens (tertiary/aromatic N) is 1. The summed E-state index contributed by atoms with van der Waals surface area (Å²) in [5.74, 6) is 0.349. The summed E-state index contributed by atoms with van der Waals surface area (Å²) in [6.07, 6.45) is 6.49. The minimum Gasteiger partial charge on any atom is -0.383 e. The Morgan fingerprint density at radius 2 is 1.83 bits per heavy atom. The van der Waals surface area contributed by atoms with E-state index in [1.54, 1.807) is 0 Å². The lowest BCUT2D eigenvalue weighted by atomic mass is 9.89. The molecule has 1 aromatic carbocycles. The molecule has 0 atom stereocenters. The number of hydrogen-bond acceptors (Lipinski definition) is 4. The van der Waals surface area contributed by atoms with Gasteiger partial charge in [-0.3, -0.25) is 9.59 Å². The zero-order valence-corrected chi connectivity index (χ0v) is 13.5. The first-order chi connectivity index (χ1) is 11.7. The minimum absolute atomic E-state index is 0.177. The normalized spacial score (nSPS) is 15.0. The maximum absolute atomic E-state index is 12.3. The third kappa shape index (κ3) is 4.22. The second-order valence-electron chi connectivity index (χ2n) is 6.19. The summed E-state index contributed by atoms with van der Waals surface area (Å²) < 4.78 is 0. The first-order valence-electron chi connectivity index (χ1n) is 8.42. The molecular formula is C18H22N4O2. The van der Waals surface area contributed by atoms with Gasteiger partial charge in [0.1, 0.15) is 5.69 Å². The quantitative estimate of drug-likeness (QED) is 0.788. The van der Waals surface area contributed by atoms with Crippen LogP contribution in [0, 0.1) is 5.92 Å². The van der Waals surface area contributed by atoms with Crippen LogP contribution < -0.4 is 16.2 Å².